The number of amides is 1. The van der Waals surface area contributed by atoms with Gasteiger partial charge in [0.15, 0.2) is 5.78 Å². The minimum absolute atomic E-state index is 0.123. The largest absolute Gasteiger partial charge is 0.378 e. The first-order valence-electron chi connectivity index (χ1n) is 8.29. The fraction of sp³-hybridized carbons (Fsp3) is 0.200. The fourth-order valence-corrected chi connectivity index (χ4v) is 3.02. The molecule has 1 atom stereocenters. The van der Waals surface area contributed by atoms with Crippen molar-refractivity contribution in [3.8, 4) is 6.07 Å². The third kappa shape index (κ3) is 3.20. The molecule has 0 bridgehead atoms. The van der Waals surface area contributed by atoms with E-state index >= 15 is 0 Å². The first-order valence-corrected chi connectivity index (χ1v) is 8.29. The normalized spacial score (nSPS) is 16.1. The summed E-state index contributed by atoms with van der Waals surface area (Å²) in [5.74, 6) is 0.553. The second-order valence-corrected chi connectivity index (χ2v) is 6.06. The Kier molecular flexibility index (Phi) is 4.81. The molecule has 130 valence electrons. The van der Waals surface area contributed by atoms with E-state index in [2.05, 4.69) is 21.7 Å². The molecule has 1 aliphatic heterocycles. The summed E-state index contributed by atoms with van der Waals surface area (Å²) in [6, 6.07) is 7.30. The van der Waals surface area contributed by atoms with Gasteiger partial charge in [-0.2, -0.15) is 5.26 Å². The molecule has 0 saturated carbocycles. The Morgan fingerprint density at radius 3 is 2.85 bits per heavy atom. The number of ketones is 1. The SMILES string of the molecule is CCC(=O)C1C=C(C)C(c2cc3cnc(NC=O)cc3cc2C#N)=CN1. The number of rotatable bonds is 5. The summed E-state index contributed by atoms with van der Waals surface area (Å²) in [5, 5.41) is 16.9. The maximum absolute atomic E-state index is 11.9. The van der Waals surface area contributed by atoms with Gasteiger partial charge in [-0.05, 0) is 36.1 Å². The van der Waals surface area contributed by atoms with Gasteiger partial charge in [0.25, 0.3) is 0 Å². The lowest BCUT2D eigenvalue weighted by molar-refractivity contribution is -0.119. The number of hydrogen-bond acceptors (Lipinski definition) is 5. The van der Waals surface area contributed by atoms with Crippen LogP contribution in [-0.4, -0.2) is 23.2 Å². The van der Waals surface area contributed by atoms with Crippen molar-refractivity contribution < 1.29 is 9.59 Å². The highest BCUT2D eigenvalue weighted by atomic mass is 16.1. The maximum atomic E-state index is 11.9. The Bertz CT molecular complexity index is 999. The Labute approximate surface area is 151 Å². The van der Waals surface area contributed by atoms with Crippen LogP contribution in [0, 0.1) is 11.3 Å². The van der Waals surface area contributed by atoms with E-state index in [0.29, 0.717) is 24.2 Å². The van der Waals surface area contributed by atoms with E-state index in [0.717, 1.165) is 27.5 Å². The number of fused-ring (bicyclic) bond motifs is 1. The molecule has 2 N–H and O–H groups in total. The molecule has 0 saturated heterocycles. The van der Waals surface area contributed by atoms with Gasteiger partial charge in [0.1, 0.15) is 11.9 Å². The number of nitriles is 1. The molecule has 1 aromatic heterocycles. The second-order valence-electron chi connectivity index (χ2n) is 6.06. The first-order chi connectivity index (χ1) is 12.6. The lowest BCUT2D eigenvalue weighted by Crippen LogP contribution is -2.33. The van der Waals surface area contributed by atoms with Gasteiger partial charge in [0.2, 0.25) is 6.41 Å². The highest BCUT2D eigenvalue weighted by Gasteiger charge is 2.20. The molecule has 0 aliphatic carbocycles. The molecular weight excluding hydrogens is 328 g/mol. The van der Waals surface area contributed by atoms with E-state index in [4.69, 9.17) is 0 Å². The third-order valence-corrected chi connectivity index (χ3v) is 4.42. The summed E-state index contributed by atoms with van der Waals surface area (Å²) in [7, 11) is 0. The van der Waals surface area contributed by atoms with Gasteiger partial charge in [-0.25, -0.2) is 4.98 Å². The molecule has 1 aromatic carbocycles. The van der Waals surface area contributed by atoms with Crippen LogP contribution in [0.4, 0.5) is 5.82 Å². The first kappa shape index (κ1) is 17.4. The van der Waals surface area contributed by atoms with E-state index in [9.17, 15) is 14.9 Å². The van der Waals surface area contributed by atoms with Gasteiger partial charge in [0, 0.05) is 35.3 Å². The van der Waals surface area contributed by atoms with Crippen LogP contribution >= 0.6 is 0 Å². The Morgan fingerprint density at radius 2 is 2.19 bits per heavy atom. The molecule has 2 heterocycles. The van der Waals surface area contributed by atoms with Crippen LogP contribution < -0.4 is 10.6 Å². The van der Waals surface area contributed by atoms with E-state index in [1.54, 1.807) is 24.5 Å². The van der Waals surface area contributed by atoms with Crippen molar-refractivity contribution >= 4 is 34.4 Å². The second kappa shape index (κ2) is 7.19. The molecule has 6 heteroatoms. The number of nitrogens with zero attached hydrogens (tertiary/aromatic N) is 2. The fourth-order valence-electron chi connectivity index (χ4n) is 3.02. The molecular formula is C20H18N4O2. The number of hydrogen-bond donors (Lipinski definition) is 2. The van der Waals surface area contributed by atoms with Crippen molar-refractivity contribution in [1.82, 2.24) is 10.3 Å². The smallest absolute Gasteiger partial charge is 0.212 e. The summed E-state index contributed by atoms with van der Waals surface area (Å²) < 4.78 is 0. The lowest BCUT2D eigenvalue weighted by atomic mass is 9.90. The molecule has 0 spiro atoms. The lowest BCUT2D eigenvalue weighted by Gasteiger charge is -2.22. The van der Waals surface area contributed by atoms with Crippen molar-refractivity contribution in [1.29, 1.82) is 5.26 Å². The number of benzene rings is 1. The molecule has 1 unspecified atom stereocenters. The summed E-state index contributed by atoms with van der Waals surface area (Å²) in [6.07, 6.45) is 6.37. The van der Waals surface area contributed by atoms with Crippen LogP contribution in [0.2, 0.25) is 0 Å². The number of aromatic nitrogens is 1. The van der Waals surface area contributed by atoms with Crippen LogP contribution in [0.15, 0.2) is 42.2 Å². The number of carbonyl (C=O) groups is 2. The Hall–Kier alpha value is -3.46. The highest BCUT2D eigenvalue weighted by Crippen LogP contribution is 2.31. The van der Waals surface area contributed by atoms with Gasteiger partial charge in [0.05, 0.1) is 11.6 Å². The van der Waals surface area contributed by atoms with Gasteiger partial charge in [-0.1, -0.05) is 13.0 Å². The van der Waals surface area contributed by atoms with Crippen molar-refractivity contribution in [3.05, 3.63) is 53.4 Å². The number of pyridine rings is 1. The average Bonchev–Trinajstić information content (AvgIpc) is 2.66. The number of nitrogens with one attached hydrogen (secondary N) is 2. The zero-order valence-electron chi connectivity index (χ0n) is 14.5. The molecule has 2 aromatic rings. The quantitative estimate of drug-likeness (QED) is 0.812. The highest BCUT2D eigenvalue weighted by molar-refractivity contribution is 5.95. The molecule has 0 radical (unpaired) electrons. The monoisotopic (exact) mass is 346 g/mol. The zero-order valence-corrected chi connectivity index (χ0v) is 14.5. The molecule has 1 aliphatic rings. The molecule has 26 heavy (non-hydrogen) atoms. The molecule has 0 fully saturated rings. The van der Waals surface area contributed by atoms with Crippen LogP contribution in [0.25, 0.3) is 16.3 Å². The summed E-state index contributed by atoms with van der Waals surface area (Å²) in [5.41, 5.74) is 3.11. The van der Waals surface area contributed by atoms with Crippen molar-refractivity contribution in [2.75, 3.05) is 5.32 Å². The van der Waals surface area contributed by atoms with E-state index in [1.165, 1.54) is 0 Å². The molecule has 6 nitrogen and oxygen atoms in total. The topological polar surface area (TPSA) is 94.9 Å². The van der Waals surface area contributed by atoms with Crippen molar-refractivity contribution in [2.24, 2.45) is 0 Å². The van der Waals surface area contributed by atoms with E-state index < -0.39 is 0 Å². The number of dihydropyridines is 1. The van der Waals surface area contributed by atoms with Gasteiger partial charge in [-0.3, -0.25) is 9.59 Å². The van der Waals surface area contributed by atoms with Crippen LogP contribution in [-0.2, 0) is 9.59 Å². The third-order valence-electron chi connectivity index (χ3n) is 4.42. The standard InChI is InChI=1S/C20H18N4O2/c1-3-19(26)18-4-12(2)17(10-22-18)16-6-15-9-23-20(24-11-25)7-13(15)5-14(16)8-21/h4-7,9-11,18,22H,3H2,1-2H3,(H,23,24,25). The van der Waals surface area contributed by atoms with Crippen LogP contribution in [0.1, 0.15) is 31.4 Å². The maximum Gasteiger partial charge on any atom is 0.212 e. The molecule has 3 rings (SSSR count). The van der Waals surface area contributed by atoms with Crippen molar-refractivity contribution in [2.45, 2.75) is 26.3 Å². The number of anilines is 1. The minimum atomic E-state index is -0.326. The zero-order chi connectivity index (χ0) is 18.7. The van der Waals surface area contributed by atoms with Crippen molar-refractivity contribution in [3.63, 3.8) is 0 Å². The van der Waals surface area contributed by atoms with E-state index in [1.807, 2.05) is 26.0 Å². The Balaban J connectivity index is 2.05. The summed E-state index contributed by atoms with van der Waals surface area (Å²) in [6.45, 7) is 3.77. The minimum Gasteiger partial charge on any atom is -0.378 e. The number of Topliss-reactive ketones (excluding diaryl/α,β-unsaturated/α-hetero) is 1. The summed E-state index contributed by atoms with van der Waals surface area (Å²) in [4.78, 5) is 26.7. The van der Waals surface area contributed by atoms with Gasteiger partial charge in [-0.15, -0.1) is 0 Å². The van der Waals surface area contributed by atoms with E-state index in [-0.39, 0.29) is 11.8 Å². The van der Waals surface area contributed by atoms with Crippen LogP contribution in [0.5, 0.6) is 0 Å². The predicted octanol–water partition coefficient (Wildman–Crippen LogP) is 2.91. The van der Waals surface area contributed by atoms with Gasteiger partial charge >= 0.3 is 0 Å². The van der Waals surface area contributed by atoms with Gasteiger partial charge < -0.3 is 10.6 Å². The number of carbonyl (C=O) groups excluding carboxylic acids is 2. The predicted molar refractivity (Wildman–Crippen MR) is 100 cm³/mol. The summed E-state index contributed by atoms with van der Waals surface area (Å²) >= 11 is 0. The molecule has 1 amide bonds. The Morgan fingerprint density at radius 1 is 1.38 bits per heavy atom. The van der Waals surface area contributed by atoms with Crippen LogP contribution in [0.3, 0.4) is 0 Å². The number of allylic oxidation sites excluding steroid dienone is 2. The average molecular weight is 346 g/mol.